The Bertz CT molecular complexity index is 322. The molecule has 0 aromatic heterocycles. The Morgan fingerprint density at radius 1 is 1.38 bits per heavy atom. The summed E-state index contributed by atoms with van der Waals surface area (Å²) in [6, 6.07) is 6.61. The Balaban J connectivity index is 2.97. The Hall–Kier alpha value is -0.540. The van der Waals surface area contributed by atoms with Crippen LogP contribution in [0.5, 0.6) is 5.75 Å². The predicted octanol–water partition coefficient (Wildman–Crippen LogP) is 3.91. The van der Waals surface area contributed by atoms with Crippen molar-refractivity contribution in [2.45, 2.75) is 32.7 Å². The number of methoxy groups -OCH3 is 1. The van der Waals surface area contributed by atoms with Gasteiger partial charge in [-0.05, 0) is 25.1 Å². The second kappa shape index (κ2) is 6.92. The highest BCUT2D eigenvalue weighted by Gasteiger charge is 2.14. The molecule has 1 N–H and O–H groups in total. The molecule has 2 nitrogen and oxygen atoms in total. The molecule has 3 heteroatoms. The van der Waals surface area contributed by atoms with Crippen LogP contribution in [0.2, 0.25) is 0 Å². The van der Waals surface area contributed by atoms with Crippen molar-refractivity contribution in [3.05, 3.63) is 28.2 Å². The van der Waals surface area contributed by atoms with Crippen LogP contribution in [0.1, 0.15) is 38.3 Å². The molecule has 1 aromatic rings. The summed E-state index contributed by atoms with van der Waals surface area (Å²) in [5.41, 5.74) is 1.24. The summed E-state index contributed by atoms with van der Waals surface area (Å²) in [5.74, 6) is 0.953. The first-order valence-corrected chi connectivity index (χ1v) is 6.59. The van der Waals surface area contributed by atoms with Crippen LogP contribution in [0.25, 0.3) is 0 Å². The highest BCUT2D eigenvalue weighted by Crippen LogP contribution is 2.30. The Morgan fingerprint density at radius 2 is 2.12 bits per heavy atom. The molecule has 1 aromatic carbocycles. The van der Waals surface area contributed by atoms with Crippen molar-refractivity contribution in [3.8, 4) is 5.75 Å². The third-order valence-electron chi connectivity index (χ3n) is 2.60. The molecular formula is C13H20BrNO. The SMILES string of the molecule is CCCC(NCC)c1ccc(Br)cc1OC. The zero-order chi connectivity index (χ0) is 12.0. The largest absolute Gasteiger partial charge is 0.496 e. The molecule has 0 aliphatic heterocycles. The van der Waals surface area contributed by atoms with E-state index >= 15 is 0 Å². The molecular weight excluding hydrogens is 266 g/mol. The first kappa shape index (κ1) is 13.5. The molecule has 1 rings (SSSR count). The lowest BCUT2D eigenvalue weighted by molar-refractivity contribution is 0.395. The van der Waals surface area contributed by atoms with Gasteiger partial charge in [0.1, 0.15) is 5.75 Å². The molecule has 0 amide bonds. The second-order valence-electron chi connectivity index (χ2n) is 3.79. The van der Waals surface area contributed by atoms with E-state index in [1.807, 2.05) is 6.07 Å². The van der Waals surface area contributed by atoms with E-state index in [1.54, 1.807) is 7.11 Å². The van der Waals surface area contributed by atoms with E-state index in [2.05, 4.69) is 47.2 Å². The average Bonchev–Trinajstić information content (AvgIpc) is 2.28. The molecule has 0 saturated carbocycles. The van der Waals surface area contributed by atoms with Crippen molar-refractivity contribution in [1.82, 2.24) is 5.32 Å². The minimum atomic E-state index is 0.387. The number of benzene rings is 1. The van der Waals surface area contributed by atoms with E-state index in [1.165, 1.54) is 5.56 Å². The summed E-state index contributed by atoms with van der Waals surface area (Å²) in [6.07, 6.45) is 2.29. The van der Waals surface area contributed by atoms with Gasteiger partial charge in [-0.1, -0.05) is 42.3 Å². The molecule has 0 saturated heterocycles. The van der Waals surface area contributed by atoms with Crippen LogP contribution in [-0.4, -0.2) is 13.7 Å². The molecule has 1 atom stereocenters. The van der Waals surface area contributed by atoms with Crippen LogP contribution < -0.4 is 10.1 Å². The fourth-order valence-corrected chi connectivity index (χ4v) is 2.22. The second-order valence-corrected chi connectivity index (χ2v) is 4.70. The lowest BCUT2D eigenvalue weighted by Gasteiger charge is -2.20. The first-order valence-electron chi connectivity index (χ1n) is 5.79. The van der Waals surface area contributed by atoms with Gasteiger partial charge < -0.3 is 10.1 Å². The number of hydrogen-bond acceptors (Lipinski definition) is 2. The van der Waals surface area contributed by atoms with E-state index in [0.29, 0.717) is 6.04 Å². The van der Waals surface area contributed by atoms with E-state index < -0.39 is 0 Å². The maximum atomic E-state index is 5.43. The Labute approximate surface area is 107 Å². The van der Waals surface area contributed by atoms with Crippen LogP contribution in [0, 0.1) is 0 Å². The van der Waals surface area contributed by atoms with E-state index in [4.69, 9.17) is 4.74 Å². The van der Waals surface area contributed by atoms with Crippen molar-refractivity contribution in [2.24, 2.45) is 0 Å². The monoisotopic (exact) mass is 285 g/mol. The Morgan fingerprint density at radius 3 is 2.69 bits per heavy atom. The minimum Gasteiger partial charge on any atom is -0.496 e. The van der Waals surface area contributed by atoms with Gasteiger partial charge in [0.25, 0.3) is 0 Å². The first-order chi connectivity index (χ1) is 7.72. The number of ether oxygens (including phenoxy) is 1. The smallest absolute Gasteiger partial charge is 0.124 e. The van der Waals surface area contributed by atoms with Gasteiger partial charge in [0.05, 0.1) is 7.11 Å². The fourth-order valence-electron chi connectivity index (χ4n) is 1.88. The quantitative estimate of drug-likeness (QED) is 0.856. The summed E-state index contributed by atoms with van der Waals surface area (Å²) < 4.78 is 6.49. The maximum Gasteiger partial charge on any atom is 0.124 e. The van der Waals surface area contributed by atoms with E-state index in [0.717, 1.165) is 29.6 Å². The van der Waals surface area contributed by atoms with Crippen molar-refractivity contribution >= 4 is 15.9 Å². The van der Waals surface area contributed by atoms with Gasteiger partial charge in [0.2, 0.25) is 0 Å². The van der Waals surface area contributed by atoms with E-state index in [9.17, 15) is 0 Å². The lowest BCUT2D eigenvalue weighted by atomic mass is 10.0. The van der Waals surface area contributed by atoms with Gasteiger partial charge in [0.15, 0.2) is 0 Å². The van der Waals surface area contributed by atoms with Crippen LogP contribution in [0.15, 0.2) is 22.7 Å². The van der Waals surface area contributed by atoms with Gasteiger partial charge in [0, 0.05) is 16.1 Å². The maximum absolute atomic E-state index is 5.43. The number of halogens is 1. The number of nitrogens with one attached hydrogen (secondary N) is 1. The van der Waals surface area contributed by atoms with Gasteiger partial charge in [-0.15, -0.1) is 0 Å². The molecule has 0 spiro atoms. The van der Waals surface area contributed by atoms with Gasteiger partial charge >= 0.3 is 0 Å². The standard InChI is InChI=1S/C13H20BrNO/c1-4-6-12(15-5-2)11-8-7-10(14)9-13(11)16-3/h7-9,12,15H,4-6H2,1-3H3. The molecule has 0 aliphatic rings. The van der Waals surface area contributed by atoms with E-state index in [-0.39, 0.29) is 0 Å². The number of hydrogen-bond donors (Lipinski definition) is 1. The van der Waals surface area contributed by atoms with Crippen molar-refractivity contribution in [3.63, 3.8) is 0 Å². The van der Waals surface area contributed by atoms with Crippen molar-refractivity contribution in [1.29, 1.82) is 0 Å². The molecule has 16 heavy (non-hydrogen) atoms. The molecule has 1 unspecified atom stereocenters. The Kier molecular flexibility index (Phi) is 5.85. The third kappa shape index (κ3) is 3.49. The minimum absolute atomic E-state index is 0.387. The highest BCUT2D eigenvalue weighted by molar-refractivity contribution is 9.10. The van der Waals surface area contributed by atoms with Gasteiger partial charge in [-0.25, -0.2) is 0 Å². The highest BCUT2D eigenvalue weighted by atomic mass is 79.9. The van der Waals surface area contributed by atoms with Crippen molar-refractivity contribution < 1.29 is 4.74 Å². The molecule has 0 radical (unpaired) electrons. The molecule has 90 valence electrons. The van der Waals surface area contributed by atoms with Crippen LogP contribution in [0.3, 0.4) is 0 Å². The zero-order valence-electron chi connectivity index (χ0n) is 10.2. The van der Waals surface area contributed by atoms with Gasteiger partial charge in [-0.2, -0.15) is 0 Å². The number of rotatable bonds is 6. The van der Waals surface area contributed by atoms with Crippen molar-refractivity contribution in [2.75, 3.05) is 13.7 Å². The summed E-state index contributed by atoms with van der Waals surface area (Å²) in [4.78, 5) is 0. The predicted molar refractivity (Wildman–Crippen MR) is 72.0 cm³/mol. The fraction of sp³-hybridized carbons (Fsp3) is 0.538. The van der Waals surface area contributed by atoms with Gasteiger partial charge in [-0.3, -0.25) is 0 Å². The summed E-state index contributed by atoms with van der Waals surface area (Å²) in [5, 5.41) is 3.50. The average molecular weight is 286 g/mol. The van der Waals surface area contributed by atoms with Crippen LogP contribution in [-0.2, 0) is 0 Å². The lowest BCUT2D eigenvalue weighted by Crippen LogP contribution is -2.21. The molecule has 0 fully saturated rings. The third-order valence-corrected chi connectivity index (χ3v) is 3.09. The topological polar surface area (TPSA) is 21.3 Å². The summed E-state index contributed by atoms with van der Waals surface area (Å²) in [7, 11) is 1.72. The zero-order valence-corrected chi connectivity index (χ0v) is 11.8. The van der Waals surface area contributed by atoms with Crippen LogP contribution >= 0.6 is 15.9 Å². The molecule has 0 heterocycles. The molecule has 0 aliphatic carbocycles. The van der Waals surface area contributed by atoms with Crippen LogP contribution in [0.4, 0.5) is 0 Å². The normalized spacial score (nSPS) is 12.5. The molecule has 0 bridgehead atoms. The summed E-state index contributed by atoms with van der Waals surface area (Å²) in [6.45, 7) is 5.31. The summed E-state index contributed by atoms with van der Waals surface area (Å²) >= 11 is 3.46.